The number of nitrogens with one attached hydrogen (secondary N) is 1. The summed E-state index contributed by atoms with van der Waals surface area (Å²) >= 11 is 15.1. The Morgan fingerprint density at radius 2 is 1.93 bits per heavy atom. The van der Waals surface area contributed by atoms with Crippen molar-refractivity contribution in [3.05, 3.63) is 26.7 Å². The van der Waals surface area contributed by atoms with Crippen LogP contribution in [0.3, 0.4) is 0 Å². The Labute approximate surface area is 107 Å². The van der Waals surface area contributed by atoms with Crippen LogP contribution in [-0.2, 0) is 4.79 Å². The molecule has 5 heteroatoms. The van der Waals surface area contributed by atoms with Gasteiger partial charge in [0.2, 0.25) is 5.91 Å². The number of carbonyl (C=O) groups excluding carboxylic acids is 1. The van der Waals surface area contributed by atoms with Crippen LogP contribution >= 0.6 is 39.1 Å². The fourth-order valence-corrected chi connectivity index (χ4v) is 1.72. The minimum atomic E-state index is -0.0940. The molecule has 1 rings (SSSR count). The molecule has 0 unspecified atom stereocenters. The van der Waals surface area contributed by atoms with Gasteiger partial charge in [0.05, 0.1) is 15.7 Å². The molecular formula is C10H10BrCl2NO. The van der Waals surface area contributed by atoms with Crippen LogP contribution in [0, 0.1) is 5.92 Å². The maximum atomic E-state index is 11.4. The van der Waals surface area contributed by atoms with E-state index in [0.717, 1.165) is 0 Å². The molecule has 1 aromatic rings. The van der Waals surface area contributed by atoms with Crippen molar-refractivity contribution in [1.82, 2.24) is 0 Å². The van der Waals surface area contributed by atoms with Crippen molar-refractivity contribution in [2.75, 3.05) is 5.32 Å². The van der Waals surface area contributed by atoms with E-state index >= 15 is 0 Å². The molecule has 0 aromatic heterocycles. The quantitative estimate of drug-likeness (QED) is 0.808. The predicted molar refractivity (Wildman–Crippen MR) is 67.6 cm³/mol. The van der Waals surface area contributed by atoms with E-state index in [-0.39, 0.29) is 11.8 Å². The fourth-order valence-electron chi connectivity index (χ4n) is 0.900. The third kappa shape index (κ3) is 3.10. The van der Waals surface area contributed by atoms with E-state index in [2.05, 4.69) is 21.2 Å². The van der Waals surface area contributed by atoms with Crippen molar-refractivity contribution in [2.45, 2.75) is 13.8 Å². The number of anilines is 1. The van der Waals surface area contributed by atoms with Crippen molar-refractivity contribution >= 4 is 50.7 Å². The zero-order chi connectivity index (χ0) is 11.6. The first-order valence-corrected chi connectivity index (χ1v) is 5.92. The van der Waals surface area contributed by atoms with Crippen LogP contribution < -0.4 is 5.32 Å². The molecule has 15 heavy (non-hydrogen) atoms. The van der Waals surface area contributed by atoms with Gasteiger partial charge in [-0.3, -0.25) is 4.79 Å². The lowest BCUT2D eigenvalue weighted by atomic mass is 10.2. The van der Waals surface area contributed by atoms with Crippen LogP contribution in [0.4, 0.5) is 5.69 Å². The molecule has 0 aliphatic carbocycles. The van der Waals surface area contributed by atoms with Crippen LogP contribution in [0.5, 0.6) is 0 Å². The number of amides is 1. The summed E-state index contributed by atoms with van der Waals surface area (Å²) in [5.41, 5.74) is 0.531. The normalized spacial score (nSPS) is 10.5. The second-order valence-corrected chi connectivity index (χ2v) is 4.98. The molecule has 0 saturated heterocycles. The van der Waals surface area contributed by atoms with Gasteiger partial charge in [-0.15, -0.1) is 0 Å². The van der Waals surface area contributed by atoms with Gasteiger partial charge < -0.3 is 5.32 Å². The first kappa shape index (κ1) is 12.8. The van der Waals surface area contributed by atoms with Crippen molar-refractivity contribution in [3.63, 3.8) is 0 Å². The van der Waals surface area contributed by atoms with Crippen LogP contribution in [0.2, 0.25) is 10.0 Å². The highest BCUT2D eigenvalue weighted by molar-refractivity contribution is 9.10. The topological polar surface area (TPSA) is 29.1 Å². The lowest BCUT2D eigenvalue weighted by Crippen LogP contribution is -2.17. The number of benzene rings is 1. The molecule has 0 radical (unpaired) electrons. The zero-order valence-electron chi connectivity index (χ0n) is 8.27. The average molecular weight is 311 g/mol. The van der Waals surface area contributed by atoms with Crippen LogP contribution in [0.1, 0.15) is 13.8 Å². The summed E-state index contributed by atoms with van der Waals surface area (Å²) in [5.74, 6) is -0.182. The summed E-state index contributed by atoms with van der Waals surface area (Å²) in [5, 5.41) is 3.45. The minimum Gasteiger partial charge on any atom is -0.324 e. The van der Waals surface area contributed by atoms with E-state index in [9.17, 15) is 4.79 Å². The summed E-state index contributed by atoms with van der Waals surface area (Å²) in [6.45, 7) is 3.62. The molecule has 0 heterocycles. The third-order valence-electron chi connectivity index (χ3n) is 1.82. The molecule has 1 aromatic carbocycles. The van der Waals surface area contributed by atoms with Crippen LogP contribution in [-0.4, -0.2) is 5.91 Å². The maximum Gasteiger partial charge on any atom is 0.226 e. The van der Waals surface area contributed by atoms with Gasteiger partial charge in [-0.05, 0) is 28.1 Å². The molecule has 1 N–H and O–H groups in total. The molecular weight excluding hydrogens is 301 g/mol. The summed E-state index contributed by atoms with van der Waals surface area (Å²) < 4.78 is 0.705. The molecule has 0 bridgehead atoms. The number of hydrogen-bond acceptors (Lipinski definition) is 1. The molecule has 0 aliphatic rings. The first-order chi connectivity index (χ1) is 6.93. The number of hydrogen-bond donors (Lipinski definition) is 1. The Bertz CT molecular complexity index is 393. The summed E-state index contributed by atoms with van der Waals surface area (Å²) in [7, 11) is 0. The van der Waals surface area contributed by atoms with E-state index < -0.39 is 0 Å². The SMILES string of the molecule is CC(C)C(=O)Nc1ccc(Br)c(Cl)c1Cl. The second-order valence-electron chi connectivity index (χ2n) is 3.37. The van der Waals surface area contributed by atoms with Crippen LogP contribution in [0.15, 0.2) is 16.6 Å². The predicted octanol–water partition coefficient (Wildman–Crippen LogP) is 4.35. The standard InChI is InChI=1S/C10H10BrCl2NO/c1-5(2)10(15)14-7-4-3-6(11)8(12)9(7)13/h3-5H,1-2H3,(H,14,15). The van der Waals surface area contributed by atoms with Crippen molar-refractivity contribution in [2.24, 2.45) is 5.92 Å². The van der Waals surface area contributed by atoms with Crippen molar-refractivity contribution in [3.8, 4) is 0 Å². The van der Waals surface area contributed by atoms with Gasteiger partial charge in [-0.2, -0.15) is 0 Å². The molecule has 0 spiro atoms. The van der Waals surface area contributed by atoms with Gasteiger partial charge in [-0.1, -0.05) is 37.0 Å². The van der Waals surface area contributed by atoms with Gasteiger partial charge in [0, 0.05) is 10.4 Å². The average Bonchev–Trinajstić information content (AvgIpc) is 2.18. The summed E-state index contributed by atoms with van der Waals surface area (Å²) in [6.07, 6.45) is 0. The van der Waals surface area contributed by atoms with Gasteiger partial charge in [0.15, 0.2) is 0 Å². The summed E-state index contributed by atoms with van der Waals surface area (Å²) in [6, 6.07) is 3.45. The lowest BCUT2D eigenvalue weighted by molar-refractivity contribution is -0.118. The Balaban J connectivity index is 2.97. The smallest absolute Gasteiger partial charge is 0.226 e. The minimum absolute atomic E-state index is 0.0877. The van der Waals surface area contributed by atoms with Gasteiger partial charge >= 0.3 is 0 Å². The molecule has 2 nitrogen and oxygen atoms in total. The van der Waals surface area contributed by atoms with E-state index in [4.69, 9.17) is 23.2 Å². The highest BCUT2D eigenvalue weighted by Crippen LogP contribution is 2.35. The van der Waals surface area contributed by atoms with Gasteiger partial charge in [-0.25, -0.2) is 0 Å². The van der Waals surface area contributed by atoms with Crippen molar-refractivity contribution in [1.29, 1.82) is 0 Å². The molecule has 1 amide bonds. The van der Waals surface area contributed by atoms with E-state index in [1.54, 1.807) is 12.1 Å². The Morgan fingerprint density at radius 1 is 1.33 bits per heavy atom. The number of halogens is 3. The first-order valence-electron chi connectivity index (χ1n) is 4.38. The monoisotopic (exact) mass is 309 g/mol. The highest BCUT2D eigenvalue weighted by Gasteiger charge is 2.12. The second kappa shape index (κ2) is 5.19. The van der Waals surface area contributed by atoms with Crippen molar-refractivity contribution < 1.29 is 4.79 Å². The number of rotatable bonds is 2. The number of carbonyl (C=O) groups is 1. The van der Waals surface area contributed by atoms with E-state index in [1.807, 2.05) is 13.8 Å². The van der Waals surface area contributed by atoms with Crippen LogP contribution in [0.25, 0.3) is 0 Å². The molecule has 0 atom stereocenters. The lowest BCUT2D eigenvalue weighted by Gasteiger charge is -2.10. The maximum absolute atomic E-state index is 11.4. The highest BCUT2D eigenvalue weighted by atomic mass is 79.9. The van der Waals surface area contributed by atoms with E-state index in [1.165, 1.54) is 0 Å². The van der Waals surface area contributed by atoms with Gasteiger partial charge in [0.25, 0.3) is 0 Å². The largest absolute Gasteiger partial charge is 0.324 e. The fraction of sp³-hybridized carbons (Fsp3) is 0.300. The van der Waals surface area contributed by atoms with E-state index in [0.29, 0.717) is 20.2 Å². The third-order valence-corrected chi connectivity index (χ3v) is 3.59. The Kier molecular flexibility index (Phi) is 4.44. The summed E-state index contributed by atoms with van der Waals surface area (Å²) in [4.78, 5) is 11.4. The molecule has 0 fully saturated rings. The van der Waals surface area contributed by atoms with Gasteiger partial charge in [0.1, 0.15) is 0 Å². The molecule has 0 aliphatic heterocycles. The Morgan fingerprint density at radius 3 is 2.47 bits per heavy atom. The molecule has 0 saturated carbocycles. The zero-order valence-corrected chi connectivity index (χ0v) is 11.4. The Hall–Kier alpha value is -0.250. The molecule has 82 valence electrons.